The minimum absolute atomic E-state index is 0.0202. The van der Waals surface area contributed by atoms with E-state index in [4.69, 9.17) is 9.47 Å². The second kappa shape index (κ2) is 8.24. The van der Waals surface area contributed by atoms with Gasteiger partial charge in [-0.25, -0.2) is 23.4 Å². The Balaban J connectivity index is 2.04. The average molecular weight is 453 g/mol. The molecule has 0 radical (unpaired) electrons. The maximum absolute atomic E-state index is 11.7. The first-order chi connectivity index (χ1) is 15.3. The van der Waals surface area contributed by atoms with Gasteiger partial charge in [-0.1, -0.05) is 11.8 Å². The third kappa shape index (κ3) is 4.08. The largest absolute Gasteiger partial charge is 0.506 e. The van der Waals surface area contributed by atoms with Gasteiger partial charge in [-0.3, -0.25) is 9.29 Å². The standard InChI is InChI=1S/C21H19N5O5S/c1-4-31-19-10-5-7-13(23-19)15-11-14-21(24-18(12-22-14)25-32(3,28)29)26(15)20-16(27)8-6-9-17(20)30-2/h6,8-12,27H,4H2,1-3H3,(H,24,25). The summed E-state index contributed by atoms with van der Waals surface area (Å²) in [6.07, 6.45) is 3.88. The molecule has 10 nitrogen and oxygen atoms in total. The molecule has 3 heterocycles. The van der Waals surface area contributed by atoms with Gasteiger partial charge >= 0.3 is 0 Å². The van der Waals surface area contributed by atoms with Crippen molar-refractivity contribution in [1.29, 1.82) is 0 Å². The van der Waals surface area contributed by atoms with Gasteiger partial charge in [-0.15, -0.1) is 0 Å². The van der Waals surface area contributed by atoms with Crippen molar-refractivity contribution in [3.63, 3.8) is 0 Å². The van der Waals surface area contributed by atoms with E-state index in [0.29, 0.717) is 35.2 Å². The molecule has 164 valence electrons. The van der Waals surface area contributed by atoms with Crippen LogP contribution in [0.5, 0.6) is 11.5 Å². The number of para-hydroxylation sites is 1. The Hall–Kier alpha value is -4.04. The average Bonchev–Trinajstić information content (AvgIpc) is 3.11. The molecule has 0 spiro atoms. The lowest BCUT2D eigenvalue weighted by Gasteiger charge is -2.15. The first kappa shape index (κ1) is 21.2. The number of phenolic OH excluding ortho intramolecular Hbond substituents is 1. The normalized spacial score (nSPS) is 13.1. The molecular weight excluding hydrogens is 434 g/mol. The van der Waals surface area contributed by atoms with Crippen LogP contribution in [0.3, 0.4) is 0 Å². The van der Waals surface area contributed by atoms with Gasteiger partial charge < -0.3 is 14.6 Å². The van der Waals surface area contributed by atoms with Crippen molar-refractivity contribution in [3.8, 4) is 17.2 Å². The highest BCUT2D eigenvalue weighted by Gasteiger charge is 2.23. The quantitative estimate of drug-likeness (QED) is 0.549. The second-order valence-electron chi connectivity index (χ2n) is 6.68. The number of anilines is 1. The number of methoxy groups -OCH3 is 1. The fraction of sp³-hybridized carbons (Fsp3) is 0.190. The predicted octanol–water partition coefficient (Wildman–Crippen LogP) is 2.61. The van der Waals surface area contributed by atoms with Crippen LogP contribution in [0.2, 0.25) is 0 Å². The zero-order chi connectivity index (χ0) is 22.9. The number of aromatic hydroxyl groups is 1. The molecule has 4 rings (SSSR count). The summed E-state index contributed by atoms with van der Waals surface area (Å²) in [5, 5.41) is 10.7. The van der Waals surface area contributed by atoms with Crippen LogP contribution in [0.15, 0.2) is 53.0 Å². The number of aliphatic imine (C=N–C) groups is 1. The lowest BCUT2D eigenvalue weighted by molar-refractivity contribution is 0.330. The minimum atomic E-state index is -3.58. The summed E-state index contributed by atoms with van der Waals surface area (Å²) in [6, 6.07) is 6.51. The van der Waals surface area contributed by atoms with Crippen molar-refractivity contribution in [1.82, 2.24) is 14.5 Å². The molecule has 1 aliphatic rings. The van der Waals surface area contributed by atoms with Crippen LogP contribution in [0, 0.1) is 0 Å². The lowest BCUT2D eigenvalue weighted by Crippen LogP contribution is -2.12. The number of benzene rings is 1. The molecule has 32 heavy (non-hydrogen) atoms. The van der Waals surface area contributed by atoms with Gasteiger partial charge in [0.1, 0.15) is 28.4 Å². The molecule has 2 aromatic heterocycles. The summed E-state index contributed by atoms with van der Waals surface area (Å²) in [6.45, 7) is 2.26. The van der Waals surface area contributed by atoms with Crippen molar-refractivity contribution in [3.05, 3.63) is 53.7 Å². The Morgan fingerprint density at radius 1 is 1.31 bits per heavy atom. The van der Waals surface area contributed by atoms with E-state index in [9.17, 15) is 13.5 Å². The first-order valence-corrected chi connectivity index (χ1v) is 11.4. The van der Waals surface area contributed by atoms with E-state index >= 15 is 0 Å². The van der Waals surface area contributed by atoms with E-state index in [-0.39, 0.29) is 22.9 Å². The number of aromatic nitrogens is 3. The monoisotopic (exact) mass is 453 g/mol. The van der Waals surface area contributed by atoms with Crippen molar-refractivity contribution in [2.75, 3.05) is 24.7 Å². The first-order valence-electron chi connectivity index (χ1n) is 9.47. The van der Waals surface area contributed by atoms with Crippen LogP contribution in [0.25, 0.3) is 22.5 Å². The van der Waals surface area contributed by atoms with Crippen molar-refractivity contribution >= 4 is 38.6 Å². The Bertz CT molecular complexity index is 1460. The second-order valence-corrected chi connectivity index (χ2v) is 8.43. The van der Waals surface area contributed by atoms with Crippen LogP contribution < -0.4 is 9.46 Å². The number of rotatable bonds is 6. The topological polar surface area (TPSA) is 128 Å². The number of phenols is 1. The van der Waals surface area contributed by atoms with Crippen LogP contribution >= 0.6 is 0 Å². The molecule has 0 aliphatic carbocycles. The molecular formula is C21H19N5O5S. The van der Waals surface area contributed by atoms with Gasteiger partial charge in [-0.2, -0.15) is 0 Å². The molecule has 0 unspecified atom stereocenters. The highest BCUT2D eigenvalue weighted by Crippen LogP contribution is 2.37. The maximum Gasteiger partial charge on any atom is 0.231 e. The fourth-order valence-corrected chi connectivity index (χ4v) is 3.66. The van der Waals surface area contributed by atoms with E-state index in [2.05, 4.69) is 31.1 Å². The van der Waals surface area contributed by atoms with E-state index in [1.165, 1.54) is 19.4 Å². The van der Waals surface area contributed by atoms with Crippen LogP contribution in [-0.4, -0.2) is 53.9 Å². The number of fused-ring (bicyclic) bond motifs is 1. The molecule has 0 atom stereocenters. The van der Waals surface area contributed by atoms with E-state index < -0.39 is 10.0 Å². The summed E-state index contributed by atoms with van der Waals surface area (Å²) >= 11 is 0. The lowest BCUT2D eigenvalue weighted by atomic mass is 10.2. The van der Waals surface area contributed by atoms with E-state index in [1.807, 2.05) is 6.92 Å². The zero-order valence-corrected chi connectivity index (χ0v) is 18.3. The van der Waals surface area contributed by atoms with Crippen molar-refractivity contribution in [2.24, 2.45) is 4.99 Å². The van der Waals surface area contributed by atoms with Gasteiger partial charge in [0.15, 0.2) is 11.5 Å². The summed E-state index contributed by atoms with van der Waals surface area (Å²) < 4.78 is 38.2. The molecule has 2 N–H and O–H groups in total. The van der Waals surface area contributed by atoms with Gasteiger partial charge in [0, 0.05) is 0 Å². The number of sulfonamides is 1. The van der Waals surface area contributed by atoms with Gasteiger partial charge in [0.05, 0.1) is 37.9 Å². The van der Waals surface area contributed by atoms with Crippen LogP contribution in [0.4, 0.5) is 5.82 Å². The Labute approximate surface area is 183 Å². The third-order valence-electron chi connectivity index (χ3n) is 4.36. The van der Waals surface area contributed by atoms with E-state index in [0.717, 1.165) is 6.26 Å². The van der Waals surface area contributed by atoms with Crippen LogP contribution in [0.1, 0.15) is 12.6 Å². The van der Waals surface area contributed by atoms with Crippen LogP contribution in [-0.2, 0) is 14.8 Å². The summed E-state index contributed by atoms with van der Waals surface area (Å²) in [7, 11) is -2.11. The molecule has 11 heteroatoms. The highest BCUT2D eigenvalue weighted by atomic mass is 32.2. The Kier molecular flexibility index (Phi) is 5.46. The number of hydrogen-bond donors (Lipinski definition) is 2. The maximum atomic E-state index is 11.7. The number of ether oxygens (including phenoxy) is 2. The predicted molar refractivity (Wildman–Crippen MR) is 120 cm³/mol. The molecule has 3 aromatic rings. The van der Waals surface area contributed by atoms with Gasteiger partial charge in [0.2, 0.25) is 15.9 Å². The Morgan fingerprint density at radius 3 is 2.84 bits per heavy atom. The molecule has 1 aliphatic heterocycles. The third-order valence-corrected chi connectivity index (χ3v) is 4.94. The molecule has 0 amide bonds. The molecule has 0 saturated carbocycles. The SMILES string of the molecule is CCOC1=NC(c2cc3ncc(NS(C)(=O)=O)nc3n2-c2c(O)cccc2OC)=C=C=C1. The minimum Gasteiger partial charge on any atom is -0.506 e. The summed E-state index contributed by atoms with van der Waals surface area (Å²) in [4.78, 5) is 13.2. The van der Waals surface area contributed by atoms with Crippen molar-refractivity contribution in [2.45, 2.75) is 6.92 Å². The fourth-order valence-electron chi connectivity index (χ4n) is 3.18. The number of nitrogens with zero attached hydrogens (tertiary/aromatic N) is 4. The van der Waals surface area contributed by atoms with Crippen molar-refractivity contribution < 1.29 is 23.0 Å². The Morgan fingerprint density at radius 2 is 2.12 bits per heavy atom. The zero-order valence-electron chi connectivity index (χ0n) is 17.4. The van der Waals surface area contributed by atoms with Gasteiger partial charge in [-0.05, 0) is 30.9 Å². The number of nitrogens with one attached hydrogen (secondary N) is 1. The smallest absolute Gasteiger partial charge is 0.231 e. The molecule has 0 saturated heterocycles. The molecule has 0 bridgehead atoms. The van der Waals surface area contributed by atoms with Gasteiger partial charge in [0.25, 0.3) is 0 Å². The number of hydrogen-bond acceptors (Lipinski definition) is 8. The highest BCUT2D eigenvalue weighted by molar-refractivity contribution is 7.92. The van der Waals surface area contributed by atoms with E-state index in [1.54, 1.807) is 28.8 Å². The summed E-state index contributed by atoms with van der Waals surface area (Å²) in [5.74, 6) is 0.641. The molecule has 0 fully saturated rings. The summed E-state index contributed by atoms with van der Waals surface area (Å²) in [5.41, 5.74) is 7.62. The molecule has 1 aromatic carbocycles.